The van der Waals surface area contributed by atoms with Gasteiger partial charge in [0.15, 0.2) is 5.11 Å². The van der Waals surface area contributed by atoms with Crippen molar-refractivity contribution in [3.63, 3.8) is 0 Å². The molecule has 128 valence electrons. The number of allylic oxidation sites excluding steroid dienone is 1. The summed E-state index contributed by atoms with van der Waals surface area (Å²) in [5.74, 6) is -0.234. The zero-order valence-electron chi connectivity index (χ0n) is 12.8. The Hall–Kier alpha value is -2.09. The second-order valence-electron chi connectivity index (χ2n) is 5.94. The summed E-state index contributed by atoms with van der Waals surface area (Å²) in [5.41, 5.74) is 0.858. The highest BCUT2D eigenvalue weighted by Crippen LogP contribution is 2.32. The third kappa shape index (κ3) is 3.53. The van der Waals surface area contributed by atoms with Crippen LogP contribution in [0, 0.1) is 0 Å². The maximum Gasteiger partial charge on any atom is 0.416 e. The van der Waals surface area contributed by atoms with Gasteiger partial charge in [0.05, 0.1) is 17.2 Å². The van der Waals surface area contributed by atoms with E-state index >= 15 is 0 Å². The molecule has 24 heavy (non-hydrogen) atoms. The van der Waals surface area contributed by atoms with Crippen LogP contribution in [0.15, 0.2) is 35.5 Å². The molecule has 0 aromatic heterocycles. The molecule has 0 saturated heterocycles. The van der Waals surface area contributed by atoms with E-state index in [1.165, 1.54) is 12.1 Å². The van der Waals surface area contributed by atoms with E-state index in [4.69, 9.17) is 12.2 Å². The smallest absolute Gasteiger partial charge is 0.351 e. The maximum atomic E-state index is 12.7. The number of hydrogen-bond acceptors (Lipinski definition) is 2. The molecule has 0 spiro atoms. The SMILES string of the molecule is CC1=C(C(=O)NC2CC2)[C@H](c2ccc(C(F)(F)F)cc2)NC(=S)N1. The number of carbonyl (C=O) groups excluding carboxylic acids is 1. The van der Waals surface area contributed by atoms with Crippen LogP contribution in [0.5, 0.6) is 0 Å². The zero-order chi connectivity index (χ0) is 17.5. The minimum atomic E-state index is -4.40. The van der Waals surface area contributed by atoms with Crippen molar-refractivity contribution in [2.75, 3.05) is 0 Å². The maximum absolute atomic E-state index is 12.7. The summed E-state index contributed by atoms with van der Waals surface area (Å²) in [5, 5.41) is 9.10. The van der Waals surface area contributed by atoms with Gasteiger partial charge in [-0.05, 0) is 49.7 Å². The Morgan fingerprint density at radius 1 is 1.25 bits per heavy atom. The third-order valence-corrected chi connectivity index (χ3v) is 4.22. The van der Waals surface area contributed by atoms with E-state index in [1.54, 1.807) is 6.92 Å². The summed E-state index contributed by atoms with van der Waals surface area (Å²) >= 11 is 5.12. The Bertz CT molecular complexity index is 708. The molecule has 2 aliphatic rings. The second kappa shape index (κ2) is 6.08. The van der Waals surface area contributed by atoms with Gasteiger partial charge < -0.3 is 16.0 Å². The van der Waals surface area contributed by atoms with E-state index in [-0.39, 0.29) is 11.9 Å². The number of amides is 1. The van der Waals surface area contributed by atoms with E-state index in [9.17, 15) is 18.0 Å². The molecule has 0 unspecified atom stereocenters. The van der Waals surface area contributed by atoms with Crippen molar-refractivity contribution in [2.45, 2.75) is 38.0 Å². The van der Waals surface area contributed by atoms with Gasteiger partial charge in [0.2, 0.25) is 0 Å². The lowest BCUT2D eigenvalue weighted by molar-refractivity contribution is -0.137. The lowest BCUT2D eigenvalue weighted by Crippen LogP contribution is -2.47. The molecule has 3 N–H and O–H groups in total. The second-order valence-corrected chi connectivity index (χ2v) is 6.35. The highest BCUT2D eigenvalue weighted by atomic mass is 32.1. The summed E-state index contributed by atoms with van der Waals surface area (Å²) in [6.07, 6.45) is -2.50. The van der Waals surface area contributed by atoms with Crippen molar-refractivity contribution in [3.05, 3.63) is 46.7 Å². The Morgan fingerprint density at radius 3 is 2.42 bits per heavy atom. The zero-order valence-corrected chi connectivity index (χ0v) is 13.6. The minimum Gasteiger partial charge on any atom is -0.351 e. The lowest BCUT2D eigenvalue weighted by Gasteiger charge is -2.30. The van der Waals surface area contributed by atoms with Crippen LogP contribution in [0.4, 0.5) is 13.2 Å². The fourth-order valence-electron chi connectivity index (χ4n) is 2.60. The van der Waals surface area contributed by atoms with Crippen LogP contribution < -0.4 is 16.0 Å². The summed E-state index contributed by atoms with van der Waals surface area (Å²) in [7, 11) is 0. The molecule has 1 aromatic rings. The van der Waals surface area contributed by atoms with Crippen molar-refractivity contribution >= 4 is 23.2 Å². The lowest BCUT2D eigenvalue weighted by atomic mass is 9.94. The molecular formula is C16H16F3N3OS. The average Bonchev–Trinajstić information content (AvgIpc) is 3.29. The standard InChI is InChI=1S/C16H16F3N3OS/c1-8-12(14(23)21-11-6-7-11)13(22-15(24)20-8)9-2-4-10(5-3-9)16(17,18)19/h2-5,11,13H,6-7H2,1H3,(H,21,23)(H2,20,22,24)/t13-/m0/s1. The van der Waals surface area contributed by atoms with Gasteiger partial charge in [-0.1, -0.05) is 12.1 Å². The number of carbonyl (C=O) groups is 1. The van der Waals surface area contributed by atoms with Crippen LogP contribution in [0.1, 0.15) is 36.9 Å². The van der Waals surface area contributed by atoms with Crippen LogP contribution in [-0.2, 0) is 11.0 Å². The predicted molar refractivity (Wildman–Crippen MR) is 86.9 cm³/mol. The fraction of sp³-hybridized carbons (Fsp3) is 0.375. The Balaban J connectivity index is 1.92. The van der Waals surface area contributed by atoms with Crippen LogP contribution >= 0.6 is 12.2 Å². The summed E-state index contributed by atoms with van der Waals surface area (Å²) in [6, 6.07) is 4.35. The van der Waals surface area contributed by atoms with Gasteiger partial charge in [-0.2, -0.15) is 13.2 Å². The summed E-state index contributed by atoms with van der Waals surface area (Å²) < 4.78 is 38.2. The molecule has 1 aliphatic carbocycles. The highest BCUT2D eigenvalue weighted by Gasteiger charge is 2.34. The molecule has 4 nitrogen and oxygen atoms in total. The van der Waals surface area contributed by atoms with E-state index in [2.05, 4.69) is 16.0 Å². The van der Waals surface area contributed by atoms with E-state index < -0.39 is 17.8 Å². The summed E-state index contributed by atoms with van der Waals surface area (Å²) in [4.78, 5) is 12.5. The number of alkyl halides is 3. The normalized spacial score (nSPS) is 21.2. The van der Waals surface area contributed by atoms with E-state index in [0.717, 1.165) is 25.0 Å². The largest absolute Gasteiger partial charge is 0.416 e. The van der Waals surface area contributed by atoms with Crippen molar-refractivity contribution in [2.24, 2.45) is 0 Å². The number of benzene rings is 1. The van der Waals surface area contributed by atoms with Crippen molar-refractivity contribution in [1.29, 1.82) is 0 Å². The number of nitrogens with one attached hydrogen (secondary N) is 3. The van der Waals surface area contributed by atoms with Gasteiger partial charge in [0, 0.05) is 11.7 Å². The molecule has 1 fully saturated rings. The number of rotatable bonds is 3. The summed E-state index contributed by atoms with van der Waals surface area (Å²) in [6.45, 7) is 1.73. The minimum absolute atomic E-state index is 0.180. The van der Waals surface area contributed by atoms with Crippen LogP contribution in [0.3, 0.4) is 0 Å². The molecule has 1 heterocycles. The quantitative estimate of drug-likeness (QED) is 0.730. The van der Waals surface area contributed by atoms with Crippen molar-refractivity contribution in [3.8, 4) is 0 Å². The molecular weight excluding hydrogens is 339 g/mol. The average molecular weight is 355 g/mol. The molecule has 1 atom stereocenters. The van der Waals surface area contributed by atoms with Gasteiger partial charge in [-0.3, -0.25) is 4.79 Å². The van der Waals surface area contributed by atoms with Gasteiger partial charge in [0.1, 0.15) is 0 Å². The Kier molecular flexibility index (Phi) is 4.25. The van der Waals surface area contributed by atoms with Gasteiger partial charge in [-0.15, -0.1) is 0 Å². The molecule has 0 bridgehead atoms. The van der Waals surface area contributed by atoms with E-state index in [1.807, 2.05) is 0 Å². The molecule has 0 radical (unpaired) electrons. The number of halogens is 3. The predicted octanol–water partition coefficient (Wildman–Crippen LogP) is 2.78. The van der Waals surface area contributed by atoms with Crippen LogP contribution in [0.25, 0.3) is 0 Å². The monoisotopic (exact) mass is 355 g/mol. The van der Waals surface area contributed by atoms with Gasteiger partial charge >= 0.3 is 6.18 Å². The first kappa shape index (κ1) is 16.8. The molecule has 1 aromatic carbocycles. The van der Waals surface area contributed by atoms with Crippen LogP contribution in [0.2, 0.25) is 0 Å². The van der Waals surface area contributed by atoms with Crippen LogP contribution in [-0.4, -0.2) is 17.1 Å². The number of thiocarbonyl (C=S) groups is 1. The van der Waals surface area contributed by atoms with E-state index in [0.29, 0.717) is 21.9 Å². The fourth-order valence-corrected chi connectivity index (χ4v) is 2.87. The van der Waals surface area contributed by atoms with Gasteiger partial charge in [0.25, 0.3) is 5.91 Å². The molecule has 1 saturated carbocycles. The molecule has 3 rings (SSSR count). The Morgan fingerprint density at radius 2 is 1.88 bits per heavy atom. The first-order valence-corrected chi connectivity index (χ1v) is 7.93. The molecule has 1 amide bonds. The third-order valence-electron chi connectivity index (χ3n) is 4.00. The Labute approximate surface area is 142 Å². The topological polar surface area (TPSA) is 53.2 Å². The highest BCUT2D eigenvalue weighted by molar-refractivity contribution is 7.80. The van der Waals surface area contributed by atoms with Gasteiger partial charge in [-0.25, -0.2) is 0 Å². The first-order chi connectivity index (χ1) is 11.3. The first-order valence-electron chi connectivity index (χ1n) is 7.52. The number of hydrogen-bond donors (Lipinski definition) is 3. The van der Waals surface area contributed by atoms with Crippen molar-refractivity contribution in [1.82, 2.24) is 16.0 Å². The molecule has 1 aliphatic heterocycles. The molecule has 8 heteroatoms. The van der Waals surface area contributed by atoms with Crippen molar-refractivity contribution < 1.29 is 18.0 Å².